The van der Waals surface area contributed by atoms with E-state index in [1.807, 2.05) is 0 Å². The molecule has 3 aromatic rings. The van der Waals surface area contributed by atoms with Gasteiger partial charge in [0.2, 0.25) is 0 Å². The molecule has 2 aromatic carbocycles. The number of nitrogens with one attached hydrogen (secondary N) is 1. The van der Waals surface area contributed by atoms with Gasteiger partial charge in [-0.25, -0.2) is 0 Å². The smallest absolute Gasteiger partial charge is 0.359 e. The lowest BCUT2D eigenvalue weighted by Crippen LogP contribution is -2.43. The van der Waals surface area contributed by atoms with Crippen molar-refractivity contribution in [2.45, 2.75) is 24.3 Å². The number of anilines is 1. The number of pyridine rings is 1. The number of alkyl halides is 6. The first-order valence-corrected chi connectivity index (χ1v) is 8.82. The van der Waals surface area contributed by atoms with Crippen molar-refractivity contribution >= 4 is 22.3 Å². The molecule has 0 amide bonds. The molecular formula is C20H13F6N3O2. The number of aliphatic imine (C=N–C) groups is 1. The van der Waals surface area contributed by atoms with Crippen LogP contribution in [0.15, 0.2) is 59.7 Å². The first kappa shape index (κ1) is 21.1. The summed E-state index contributed by atoms with van der Waals surface area (Å²) in [6.07, 6.45) is -10.7. The van der Waals surface area contributed by atoms with Crippen LogP contribution in [-0.2, 0) is 5.79 Å². The number of halogens is 6. The number of rotatable bonds is 2. The van der Waals surface area contributed by atoms with Gasteiger partial charge < -0.3 is 15.5 Å². The quantitative estimate of drug-likeness (QED) is 0.407. The molecule has 5 nitrogen and oxygen atoms in total. The Morgan fingerprint density at radius 1 is 0.903 bits per heavy atom. The lowest BCUT2D eigenvalue weighted by atomic mass is 9.92. The summed E-state index contributed by atoms with van der Waals surface area (Å²) in [7, 11) is 0. The van der Waals surface area contributed by atoms with Crippen LogP contribution in [0.3, 0.4) is 0 Å². The minimum atomic E-state index is -5.59. The largest absolute Gasteiger partial charge is 0.447 e. The first-order valence-electron chi connectivity index (χ1n) is 8.82. The molecule has 0 bridgehead atoms. The number of aliphatic hydroxyl groups is 2. The van der Waals surface area contributed by atoms with Gasteiger partial charge in [0, 0.05) is 22.7 Å². The topological polar surface area (TPSA) is 77.7 Å². The molecule has 31 heavy (non-hydrogen) atoms. The number of nitrogens with zero attached hydrogens (tertiary/aromatic N) is 2. The highest BCUT2D eigenvalue weighted by Crippen LogP contribution is 2.45. The lowest BCUT2D eigenvalue weighted by Gasteiger charge is -2.31. The van der Waals surface area contributed by atoms with Crippen molar-refractivity contribution in [1.29, 1.82) is 0 Å². The molecule has 0 spiro atoms. The zero-order valence-corrected chi connectivity index (χ0v) is 15.3. The SMILES string of the molecule is OC(O)(c1cc2c(c3cccnc13)NC(c1ccccc1)N=C2C(F)(F)F)C(F)(F)F. The Morgan fingerprint density at radius 2 is 1.58 bits per heavy atom. The van der Waals surface area contributed by atoms with E-state index in [2.05, 4.69) is 15.3 Å². The molecule has 4 rings (SSSR count). The number of hydrogen-bond acceptors (Lipinski definition) is 5. The average molecular weight is 441 g/mol. The predicted molar refractivity (Wildman–Crippen MR) is 99.3 cm³/mol. The standard InChI is InChI=1S/C20H13F6N3O2/c21-19(22,23)16-12-9-13(18(30,31)20(24,25)26)15-11(7-4-8-27-15)14(12)28-17(29-16)10-5-2-1-3-6-10/h1-9,17,28,30-31H. The Hall–Kier alpha value is -3.18. The minimum absolute atomic E-state index is 0.149. The van der Waals surface area contributed by atoms with Crippen LogP contribution in [0, 0.1) is 0 Å². The lowest BCUT2D eigenvalue weighted by molar-refractivity contribution is -0.357. The zero-order valence-electron chi connectivity index (χ0n) is 15.3. The summed E-state index contributed by atoms with van der Waals surface area (Å²) in [6, 6.07) is 10.9. The van der Waals surface area contributed by atoms with Gasteiger partial charge in [-0.1, -0.05) is 30.3 Å². The number of aromatic nitrogens is 1. The number of fused-ring (bicyclic) bond motifs is 3. The second-order valence-electron chi connectivity index (χ2n) is 6.85. The molecule has 2 heterocycles. The van der Waals surface area contributed by atoms with Crippen molar-refractivity contribution in [2.75, 3.05) is 5.32 Å². The first-order chi connectivity index (χ1) is 14.4. The monoisotopic (exact) mass is 441 g/mol. The van der Waals surface area contributed by atoms with Gasteiger partial charge in [0.05, 0.1) is 11.2 Å². The molecule has 0 aliphatic carbocycles. The second kappa shape index (κ2) is 6.92. The Labute approximate surface area is 170 Å². The van der Waals surface area contributed by atoms with Crippen LogP contribution < -0.4 is 5.32 Å². The Kier molecular flexibility index (Phi) is 4.70. The normalized spacial score (nSPS) is 17.2. The van der Waals surface area contributed by atoms with Crippen LogP contribution in [0.4, 0.5) is 32.0 Å². The molecule has 0 saturated carbocycles. The Morgan fingerprint density at radius 3 is 2.19 bits per heavy atom. The van der Waals surface area contributed by atoms with Gasteiger partial charge in [0.15, 0.2) is 5.71 Å². The summed E-state index contributed by atoms with van der Waals surface area (Å²) >= 11 is 0. The van der Waals surface area contributed by atoms with E-state index < -0.39 is 46.7 Å². The summed E-state index contributed by atoms with van der Waals surface area (Å²) in [5, 5.41) is 22.2. The van der Waals surface area contributed by atoms with Crippen LogP contribution in [0.5, 0.6) is 0 Å². The molecule has 1 aliphatic heterocycles. The van der Waals surface area contributed by atoms with Crippen molar-refractivity contribution in [3.8, 4) is 0 Å². The number of hydrogen-bond donors (Lipinski definition) is 3. The van der Waals surface area contributed by atoms with Crippen molar-refractivity contribution in [2.24, 2.45) is 4.99 Å². The van der Waals surface area contributed by atoms with Crippen molar-refractivity contribution < 1.29 is 36.6 Å². The van der Waals surface area contributed by atoms with Gasteiger partial charge in [-0.15, -0.1) is 0 Å². The van der Waals surface area contributed by atoms with Gasteiger partial charge in [0.25, 0.3) is 5.79 Å². The summed E-state index contributed by atoms with van der Waals surface area (Å²) in [6.45, 7) is 0. The van der Waals surface area contributed by atoms with Gasteiger partial charge in [0.1, 0.15) is 6.17 Å². The molecule has 0 fully saturated rings. The Bertz CT molecular complexity index is 1170. The highest BCUT2D eigenvalue weighted by atomic mass is 19.4. The summed E-state index contributed by atoms with van der Waals surface area (Å²) in [5.74, 6) is -4.43. The van der Waals surface area contributed by atoms with Crippen LogP contribution in [0.2, 0.25) is 0 Å². The van der Waals surface area contributed by atoms with E-state index in [0.29, 0.717) is 11.6 Å². The van der Waals surface area contributed by atoms with E-state index in [4.69, 9.17) is 0 Å². The maximum atomic E-state index is 13.8. The van der Waals surface area contributed by atoms with E-state index in [-0.39, 0.29) is 11.1 Å². The summed E-state index contributed by atoms with van der Waals surface area (Å²) < 4.78 is 81.4. The van der Waals surface area contributed by atoms with E-state index >= 15 is 0 Å². The number of benzene rings is 2. The van der Waals surface area contributed by atoms with E-state index in [9.17, 15) is 36.6 Å². The minimum Gasteiger partial charge on any atom is -0.359 e. The maximum absolute atomic E-state index is 13.8. The molecule has 11 heteroatoms. The van der Waals surface area contributed by atoms with Crippen LogP contribution in [-0.4, -0.2) is 33.3 Å². The molecular weight excluding hydrogens is 428 g/mol. The zero-order chi connectivity index (χ0) is 22.6. The fourth-order valence-electron chi connectivity index (χ4n) is 3.40. The van der Waals surface area contributed by atoms with E-state index in [1.165, 1.54) is 12.1 Å². The molecule has 3 N–H and O–H groups in total. The van der Waals surface area contributed by atoms with E-state index in [1.54, 1.807) is 30.3 Å². The average Bonchev–Trinajstić information content (AvgIpc) is 2.71. The molecule has 0 saturated heterocycles. The summed E-state index contributed by atoms with van der Waals surface area (Å²) in [4.78, 5) is 7.45. The third-order valence-corrected chi connectivity index (χ3v) is 4.84. The molecule has 1 unspecified atom stereocenters. The van der Waals surface area contributed by atoms with Crippen molar-refractivity contribution in [1.82, 2.24) is 4.98 Å². The maximum Gasteiger partial charge on any atom is 0.447 e. The molecule has 0 radical (unpaired) electrons. The third-order valence-electron chi connectivity index (χ3n) is 4.84. The summed E-state index contributed by atoms with van der Waals surface area (Å²) in [5.41, 5.74) is -3.70. The fourth-order valence-corrected chi connectivity index (χ4v) is 3.40. The second-order valence-corrected chi connectivity index (χ2v) is 6.85. The predicted octanol–water partition coefficient (Wildman–Crippen LogP) is 4.41. The molecule has 1 aromatic heterocycles. The highest BCUT2D eigenvalue weighted by Gasteiger charge is 2.56. The van der Waals surface area contributed by atoms with Gasteiger partial charge in [-0.05, 0) is 23.8 Å². The van der Waals surface area contributed by atoms with Gasteiger partial charge in [-0.2, -0.15) is 26.3 Å². The van der Waals surface area contributed by atoms with Gasteiger partial charge >= 0.3 is 12.4 Å². The van der Waals surface area contributed by atoms with Gasteiger partial charge in [-0.3, -0.25) is 9.98 Å². The fraction of sp³-hybridized carbons (Fsp3) is 0.200. The molecule has 162 valence electrons. The van der Waals surface area contributed by atoms with Crippen LogP contribution in [0.25, 0.3) is 10.9 Å². The van der Waals surface area contributed by atoms with Crippen LogP contribution >= 0.6 is 0 Å². The van der Waals surface area contributed by atoms with Crippen LogP contribution in [0.1, 0.15) is 22.9 Å². The van der Waals surface area contributed by atoms with E-state index in [0.717, 1.165) is 6.20 Å². The van der Waals surface area contributed by atoms with Crippen molar-refractivity contribution in [3.63, 3.8) is 0 Å². The third kappa shape index (κ3) is 3.49. The highest BCUT2D eigenvalue weighted by molar-refractivity contribution is 6.15. The Balaban J connectivity index is 2.04. The van der Waals surface area contributed by atoms with Crippen molar-refractivity contribution in [3.05, 3.63) is 71.4 Å². The molecule has 1 atom stereocenters. The molecule has 1 aliphatic rings.